The van der Waals surface area contributed by atoms with E-state index in [9.17, 15) is 17.6 Å². The molecule has 2 N–H and O–H groups in total. The van der Waals surface area contributed by atoms with Crippen molar-refractivity contribution in [1.29, 1.82) is 0 Å². The molecule has 0 unspecified atom stereocenters. The molecule has 158 valence electrons. The first-order chi connectivity index (χ1) is 13.2. The van der Waals surface area contributed by atoms with Crippen LogP contribution in [0, 0.1) is 5.92 Å². The summed E-state index contributed by atoms with van der Waals surface area (Å²) in [7, 11) is -3.22. The van der Waals surface area contributed by atoms with Crippen LogP contribution >= 0.6 is 11.6 Å². The van der Waals surface area contributed by atoms with Crippen LogP contribution in [-0.4, -0.2) is 57.2 Å². The second-order valence-corrected chi connectivity index (χ2v) is 10.2. The molecule has 2 rings (SSSR count). The number of amides is 1. The number of carbonyl (C=O) groups is 1. The number of piperidine rings is 1. The molecule has 9 heteroatoms. The van der Waals surface area contributed by atoms with E-state index in [2.05, 4.69) is 14.9 Å². The summed E-state index contributed by atoms with van der Waals surface area (Å²) in [5.74, 6) is 0.120. The van der Waals surface area contributed by atoms with Gasteiger partial charge in [0.1, 0.15) is 6.67 Å². The average Bonchev–Trinajstić information content (AvgIpc) is 2.66. The molecular formula is C19H29ClFN3O3S. The lowest BCUT2D eigenvalue weighted by Gasteiger charge is -2.32. The fourth-order valence-corrected chi connectivity index (χ4v) is 4.09. The number of rotatable bonds is 9. The van der Waals surface area contributed by atoms with E-state index in [1.165, 1.54) is 18.2 Å². The van der Waals surface area contributed by atoms with Crippen molar-refractivity contribution in [2.45, 2.75) is 38.6 Å². The minimum absolute atomic E-state index is 0.247. The van der Waals surface area contributed by atoms with Crippen molar-refractivity contribution in [3.8, 4) is 0 Å². The van der Waals surface area contributed by atoms with Crippen LogP contribution < -0.4 is 10.0 Å². The van der Waals surface area contributed by atoms with Crippen molar-refractivity contribution < 1.29 is 17.6 Å². The SMILES string of the molecule is CC(C)S(=O)(=O)NCCN1CCC(CNC(=O)c2cc(Cl)cc(CF)c2)CC1. The molecule has 0 radical (unpaired) electrons. The van der Waals surface area contributed by atoms with Crippen LogP contribution in [0.3, 0.4) is 0 Å². The number of hydrogen-bond donors (Lipinski definition) is 2. The van der Waals surface area contributed by atoms with Gasteiger partial charge in [-0.15, -0.1) is 0 Å². The van der Waals surface area contributed by atoms with Gasteiger partial charge in [0.25, 0.3) is 5.91 Å². The van der Waals surface area contributed by atoms with Crippen molar-refractivity contribution in [2.75, 3.05) is 32.7 Å². The van der Waals surface area contributed by atoms with Crippen LogP contribution in [0.2, 0.25) is 5.02 Å². The summed E-state index contributed by atoms with van der Waals surface area (Å²) >= 11 is 5.93. The molecule has 0 aromatic heterocycles. The molecule has 1 aromatic rings. The Hall–Kier alpha value is -1.22. The minimum Gasteiger partial charge on any atom is -0.352 e. The largest absolute Gasteiger partial charge is 0.352 e. The topological polar surface area (TPSA) is 78.5 Å². The number of nitrogens with zero attached hydrogens (tertiary/aromatic N) is 1. The second kappa shape index (κ2) is 10.5. The Labute approximate surface area is 171 Å². The molecule has 1 aromatic carbocycles. The summed E-state index contributed by atoms with van der Waals surface area (Å²) in [5, 5.41) is 2.83. The predicted molar refractivity (Wildman–Crippen MR) is 110 cm³/mol. The maximum Gasteiger partial charge on any atom is 0.251 e. The number of likely N-dealkylation sites (tertiary alicyclic amines) is 1. The highest BCUT2D eigenvalue weighted by Crippen LogP contribution is 2.18. The summed E-state index contributed by atoms with van der Waals surface area (Å²) in [6, 6.07) is 4.56. The smallest absolute Gasteiger partial charge is 0.251 e. The van der Waals surface area contributed by atoms with Crippen LogP contribution in [0.15, 0.2) is 18.2 Å². The predicted octanol–water partition coefficient (Wildman–Crippen LogP) is 2.58. The molecule has 0 bridgehead atoms. The van der Waals surface area contributed by atoms with Crippen LogP contribution in [0.5, 0.6) is 0 Å². The summed E-state index contributed by atoms with van der Waals surface area (Å²) in [5.41, 5.74) is 0.758. The Kier molecular flexibility index (Phi) is 8.67. The average molecular weight is 434 g/mol. The first-order valence-electron chi connectivity index (χ1n) is 9.55. The summed E-state index contributed by atoms with van der Waals surface area (Å²) in [4.78, 5) is 14.5. The molecular weight excluding hydrogens is 405 g/mol. The van der Waals surface area contributed by atoms with Gasteiger partial charge in [-0.2, -0.15) is 0 Å². The highest BCUT2D eigenvalue weighted by Gasteiger charge is 2.21. The zero-order valence-electron chi connectivity index (χ0n) is 16.4. The van der Waals surface area contributed by atoms with Gasteiger partial charge in [-0.25, -0.2) is 17.5 Å². The Morgan fingerprint density at radius 2 is 1.96 bits per heavy atom. The molecule has 0 spiro atoms. The van der Waals surface area contributed by atoms with E-state index in [1.807, 2.05) is 0 Å². The standard InChI is InChI=1S/C19H29ClFN3O3S/c1-14(2)28(26,27)23-5-8-24-6-3-15(4-7-24)13-22-19(25)17-9-16(12-21)10-18(20)11-17/h9-11,14-15,23H,3-8,12-13H2,1-2H3,(H,22,25). The molecule has 1 heterocycles. The molecule has 28 heavy (non-hydrogen) atoms. The summed E-state index contributed by atoms with van der Waals surface area (Å²) in [6.45, 7) is 6.04. The Morgan fingerprint density at radius 3 is 2.57 bits per heavy atom. The van der Waals surface area contributed by atoms with E-state index in [0.717, 1.165) is 25.9 Å². The molecule has 1 saturated heterocycles. The molecule has 0 atom stereocenters. The van der Waals surface area contributed by atoms with E-state index in [4.69, 9.17) is 11.6 Å². The van der Waals surface area contributed by atoms with Crippen molar-refractivity contribution in [3.05, 3.63) is 34.3 Å². The first kappa shape index (κ1) is 23.1. The monoisotopic (exact) mass is 433 g/mol. The number of carbonyl (C=O) groups excluding carboxylic acids is 1. The fourth-order valence-electron chi connectivity index (χ4n) is 3.12. The molecule has 1 amide bonds. The van der Waals surface area contributed by atoms with E-state index in [1.54, 1.807) is 13.8 Å². The fraction of sp³-hybridized carbons (Fsp3) is 0.632. The van der Waals surface area contributed by atoms with E-state index in [-0.39, 0.29) is 5.91 Å². The lowest BCUT2D eigenvalue weighted by atomic mass is 9.96. The Bertz CT molecular complexity index is 766. The lowest BCUT2D eigenvalue weighted by molar-refractivity contribution is 0.0936. The molecule has 0 saturated carbocycles. The number of alkyl halides is 1. The van der Waals surface area contributed by atoms with Gasteiger partial charge in [0.15, 0.2) is 0 Å². The van der Waals surface area contributed by atoms with Gasteiger partial charge in [-0.3, -0.25) is 4.79 Å². The van der Waals surface area contributed by atoms with Gasteiger partial charge in [0.2, 0.25) is 10.0 Å². The maximum atomic E-state index is 12.8. The normalized spacial score (nSPS) is 16.5. The second-order valence-electron chi connectivity index (χ2n) is 7.46. The van der Waals surface area contributed by atoms with Crippen molar-refractivity contribution >= 4 is 27.5 Å². The van der Waals surface area contributed by atoms with E-state index in [0.29, 0.717) is 41.7 Å². The van der Waals surface area contributed by atoms with Crippen molar-refractivity contribution in [1.82, 2.24) is 14.9 Å². The summed E-state index contributed by atoms with van der Waals surface area (Å²) < 4.78 is 39.0. The maximum absolute atomic E-state index is 12.8. The molecule has 6 nitrogen and oxygen atoms in total. The Morgan fingerprint density at radius 1 is 1.29 bits per heavy atom. The highest BCUT2D eigenvalue weighted by molar-refractivity contribution is 7.90. The van der Waals surface area contributed by atoms with E-state index >= 15 is 0 Å². The third kappa shape index (κ3) is 6.99. The van der Waals surface area contributed by atoms with Gasteiger partial charge in [0.05, 0.1) is 5.25 Å². The number of nitrogens with one attached hydrogen (secondary N) is 2. The number of benzene rings is 1. The Balaban J connectivity index is 1.71. The number of sulfonamides is 1. The zero-order valence-corrected chi connectivity index (χ0v) is 18.0. The van der Waals surface area contributed by atoms with Gasteiger partial charge in [-0.1, -0.05) is 11.6 Å². The quantitative estimate of drug-likeness (QED) is 0.627. The first-order valence-corrected chi connectivity index (χ1v) is 11.5. The van der Waals surface area contributed by atoms with Gasteiger partial charge >= 0.3 is 0 Å². The van der Waals surface area contributed by atoms with Crippen molar-refractivity contribution in [3.63, 3.8) is 0 Å². The van der Waals surface area contributed by atoms with Gasteiger partial charge in [-0.05, 0) is 69.5 Å². The molecule has 1 fully saturated rings. The van der Waals surface area contributed by atoms with Gasteiger partial charge in [0, 0.05) is 30.2 Å². The third-order valence-electron chi connectivity index (χ3n) is 4.98. The zero-order chi connectivity index (χ0) is 20.7. The van der Waals surface area contributed by atoms with Crippen LogP contribution in [-0.2, 0) is 16.7 Å². The third-order valence-corrected chi connectivity index (χ3v) is 7.05. The number of halogens is 2. The van der Waals surface area contributed by atoms with Crippen molar-refractivity contribution in [2.24, 2.45) is 5.92 Å². The lowest BCUT2D eigenvalue weighted by Crippen LogP contribution is -2.42. The van der Waals surface area contributed by atoms with E-state index < -0.39 is 21.9 Å². The highest BCUT2D eigenvalue weighted by atomic mass is 35.5. The van der Waals surface area contributed by atoms with Gasteiger partial charge < -0.3 is 10.2 Å². The number of hydrogen-bond acceptors (Lipinski definition) is 4. The van der Waals surface area contributed by atoms with Crippen LogP contribution in [0.4, 0.5) is 4.39 Å². The van der Waals surface area contributed by atoms with Crippen LogP contribution in [0.1, 0.15) is 42.6 Å². The molecule has 1 aliphatic rings. The molecule has 0 aliphatic carbocycles. The summed E-state index contributed by atoms with van der Waals surface area (Å²) in [6.07, 6.45) is 1.87. The van der Waals surface area contributed by atoms with Crippen LogP contribution in [0.25, 0.3) is 0 Å². The molecule has 1 aliphatic heterocycles. The minimum atomic E-state index is -3.22.